The summed E-state index contributed by atoms with van der Waals surface area (Å²) >= 11 is 3.56. The molecule has 1 amide bonds. The van der Waals surface area contributed by atoms with Crippen LogP contribution in [0.25, 0.3) is 44.3 Å². The molecule has 7 rings (SSSR count). The number of aromatic nitrogens is 2. The number of morpholine rings is 1. The molecule has 0 bridgehead atoms. The number of amides is 1. The Bertz CT molecular complexity index is 1890. The summed E-state index contributed by atoms with van der Waals surface area (Å²) in [6, 6.07) is 24.0. The number of carboxylic acid groups (broad SMARTS) is 1. The van der Waals surface area contributed by atoms with Gasteiger partial charge in [-0.3, -0.25) is 4.79 Å². The maximum absolute atomic E-state index is 13.7. The highest BCUT2D eigenvalue weighted by molar-refractivity contribution is 9.10. The van der Waals surface area contributed by atoms with Crippen LogP contribution in [0.5, 0.6) is 0 Å². The molecule has 2 aliphatic rings. The summed E-state index contributed by atoms with van der Waals surface area (Å²) in [5.41, 5.74) is 7.11. The summed E-state index contributed by atoms with van der Waals surface area (Å²) in [5, 5.41) is 11.9. The Hall–Kier alpha value is -4.01. The molecule has 1 aliphatic heterocycles. The minimum absolute atomic E-state index is 0.0171. The highest BCUT2D eigenvalue weighted by atomic mass is 79.9. The molecule has 0 radical (unpaired) electrons. The van der Waals surface area contributed by atoms with Gasteiger partial charge in [-0.25, -0.2) is 9.78 Å². The predicted octanol–water partition coefficient (Wildman–Crippen LogP) is 7.89. The summed E-state index contributed by atoms with van der Waals surface area (Å²) in [7, 11) is 0. The van der Waals surface area contributed by atoms with Crippen molar-refractivity contribution in [1.29, 1.82) is 0 Å². The Morgan fingerprint density at radius 1 is 0.909 bits per heavy atom. The van der Waals surface area contributed by atoms with Crippen molar-refractivity contribution in [2.75, 3.05) is 26.3 Å². The lowest BCUT2D eigenvalue weighted by Crippen LogP contribution is -2.42. The molecule has 7 nitrogen and oxygen atoms in total. The molecular formula is C36H34BrN3O4. The fraction of sp³-hybridized carbons (Fsp3) is 0.306. The van der Waals surface area contributed by atoms with E-state index in [0.717, 1.165) is 74.5 Å². The quantitative estimate of drug-likeness (QED) is 0.202. The lowest BCUT2D eigenvalue weighted by atomic mass is 9.81. The number of rotatable bonds is 6. The number of fused-ring (bicyclic) bond motifs is 2. The number of ether oxygens (including phenoxy) is 1. The van der Waals surface area contributed by atoms with Gasteiger partial charge in [0, 0.05) is 33.9 Å². The molecule has 0 atom stereocenters. The van der Waals surface area contributed by atoms with E-state index in [9.17, 15) is 14.7 Å². The minimum atomic E-state index is -0.974. The van der Waals surface area contributed by atoms with Gasteiger partial charge in [0.2, 0.25) is 5.91 Å². The Morgan fingerprint density at radius 2 is 1.73 bits per heavy atom. The number of carboxylic acids is 1. The van der Waals surface area contributed by atoms with Gasteiger partial charge in [0.1, 0.15) is 6.54 Å². The van der Waals surface area contributed by atoms with Crippen LogP contribution in [0.1, 0.15) is 53.9 Å². The fourth-order valence-corrected chi connectivity index (χ4v) is 7.32. The van der Waals surface area contributed by atoms with E-state index in [2.05, 4.69) is 56.9 Å². The van der Waals surface area contributed by atoms with E-state index in [4.69, 9.17) is 9.72 Å². The Balaban J connectivity index is 1.41. The van der Waals surface area contributed by atoms with Crippen LogP contribution in [0, 0.1) is 0 Å². The average Bonchev–Trinajstić information content (AvgIpc) is 3.38. The van der Waals surface area contributed by atoms with Gasteiger partial charge in [-0.05, 0) is 72.4 Å². The number of aromatic carboxylic acids is 1. The lowest BCUT2D eigenvalue weighted by molar-refractivity contribution is -0.135. The third-order valence-electron chi connectivity index (χ3n) is 9.10. The maximum Gasteiger partial charge on any atom is 0.335 e. The molecule has 1 aliphatic carbocycles. The van der Waals surface area contributed by atoms with E-state index >= 15 is 0 Å². The van der Waals surface area contributed by atoms with Crippen molar-refractivity contribution in [2.45, 2.75) is 44.6 Å². The van der Waals surface area contributed by atoms with Crippen molar-refractivity contribution in [1.82, 2.24) is 14.5 Å². The highest BCUT2D eigenvalue weighted by Crippen LogP contribution is 2.45. The molecule has 224 valence electrons. The van der Waals surface area contributed by atoms with Crippen LogP contribution in [0.4, 0.5) is 0 Å². The molecule has 3 heterocycles. The zero-order chi connectivity index (χ0) is 30.2. The maximum atomic E-state index is 13.7. The minimum Gasteiger partial charge on any atom is -0.478 e. The van der Waals surface area contributed by atoms with Crippen molar-refractivity contribution in [3.05, 3.63) is 88.4 Å². The molecule has 1 N–H and O–H groups in total. The summed E-state index contributed by atoms with van der Waals surface area (Å²) in [5.74, 6) is -0.620. The van der Waals surface area contributed by atoms with Crippen molar-refractivity contribution < 1.29 is 19.4 Å². The topological polar surface area (TPSA) is 84.7 Å². The van der Waals surface area contributed by atoms with Crippen LogP contribution in [0.15, 0.2) is 77.3 Å². The molecule has 44 heavy (non-hydrogen) atoms. The number of carbonyl (C=O) groups excluding carboxylic acids is 1. The first-order valence-electron chi connectivity index (χ1n) is 15.4. The van der Waals surface area contributed by atoms with Gasteiger partial charge in [-0.2, -0.15) is 0 Å². The normalized spacial score (nSPS) is 16.1. The number of nitrogens with zero attached hydrogens (tertiary/aromatic N) is 3. The van der Waals surface area contributed by atoms with Crippen LogP contribution < -0.4 is 0 Å². The molecule has 1 saturated heterocycles. The molecular weight excluding hydrogens is 618 g/mol. The van der Waals surface area contributed by atoms with Crippen molar-refractivity contribution in [3.8, 4) is 22.5 Å². The summed E-state index contributed by atoms with van der Waals surface area (Å²) in [4.78, 5) is 32.6. The number of benzene rings is 3. The SMILES string of the molecule is O=C(O)c1ccc2c(C3CCCCC3)c(-c3ccc4nc(-c5cccc(Br)c5)ccc4c3)n(CC(=O)N3CCOCC3)c2c1. The molecule has 0 spiro atoms. The average molecular weight is 653 g/mol. The van der Waals surface area contributed by atoms with Gasteiger partial charge in [-0.15, -0.1) is 0 Å². The van der Waals surface area contributed by atoms with E-state index < -0.39 is 5.97 Å². The van der Waals surface area contributed by atoms with E-state index in [1.54, 1.807) is 12.1 Å². The van der Waals surface area contributed by atoms with E-state index in [1.165, 1.54) is 12.0 Å². The van der Waals surface area contributed by atoms with Gasteiger partial charge >= 0.3 is 5.97 Å². The van der Waals surface area contributed by atoms with Crippen LogP contribution in [0.2, 0.25) is 0 Å². The lowest BCUT2D eigenvalue weighted by Gasteiger charge is -2.28. The van der Waals surface area contributed by atoms with Crippen LogP contribution in [-0.4, -0.2) is 57.7 Å². The molecule has 3 aromatic carbocycles. The number of pyridine rings is 1. The van der Waals surface area contributed by atoms with Gasteiger partial charge < -0.3 is 19.3 Å². The van der Waals surface area contributed by atoms with Gasteiger partial charge in [-0.1, -0.05) is 65.5 Å². The summed E-state index contributed by atoms with van der Waals surface area (Å²) in [6.07, 6.45) is 5.71. The number of hydrogen-bond donors (Lipinski definition) is 1. The van der Waals surface area contributed by atoms with Crippen LogP contribution in [0.3, 0.4) is 0 Å². The van der Waals surface area contributed by atoms with E-state index in [-0.39, 0.29) is 18.0 Å². The summed E-state index contributed by atoms with van der Waals surface area (Å²) in [6.45, 7) is 2.32. The number of hydrogen-bond acceptors (Lipinski definition) is 4. The summed E-state index contributed by atoms with van der Waals surface area (Å²) < 4.78 is 8.58. The van der Waals surface area contributed by atoms with Crippen LogP contribution >= 0.6 is 15.9 Å². The second-order valence-corrected chi connectivity index (χ2v) is 12.7. The zero-order valence-electron chi connectivity index (χ0n) is 24.5. The second kappa shape index (κ2) is 12.2. The smallest absolute Gasteiger partial charge is 0.335 e. The molecule has 1 saturated carbocycles. The largest absolute Gasteiger partial charge is 0.478 e. The molecule has 5 aromatic rings. The zero-order valence-corrected chi connectivity index (χ0v) is 26.1. The standard InChI is InChI=1S/C36H34BrN3O4/c37-28-8-4-7-24(20-28)30-13-10-25-19-26(11-14-31(25)38-30)35-34(23-5-2-1-3-6-23)29-12-9-27(36(42)43)21-32(29)40(35)22-33(41)39-15-17-44-18-16-39/h4,7-14,19-21,23H,1-3,5-6,15-18,22H2,(H,42,43). The number of halogens is 1. The Labute approximate surface area is 264 Å². The molecule has 0 unspecified atom stereocenters. The molecule has 2 fully saturated rings. The molecule has 2 aromatic heterocycles. The first kappa shape index (κ1) is 28.7. The number of carbonyl (C=O) groups is 2. The second-order valence-electron chi connectivity index (χ2n) is 11.8. The third-order valence-corrected chi connectivity index (χ3v) is 9.60. The van der Waals surface area contributed by atoms with Gasteiger partial charge in [0.25, 0.3) is 0 Å². The monoisotopic (exact) mass is 651 g/mol. The van der Waals surface area contributed by atoms with Gasteiger partial charge in [0.05, 0.1) is 41.2 Å². The predicted molar refractivity (Wildman–Crippen MR) is 176 cm³/mol. The fourth-order valence-electron chi connectivity index (χ4n) is 6.92. The van der Waals surface area contributed by atoms with Gasteiger partial charge in [0.15, 0.2) is 0 Å². The van der Waals surface area contributed by atoms with E-state index in [0.29, 0.717) is 32.2 Å². The van der Waals surface area contributed by atoms with E-state index in [1.807, 2.05) is 29.2 Å². The Kier molecular flexibility index (Phi) is 7.95. The van der Waals surface area contributed by atoms with Crippen molar-refractivity contribution in [3.63, 3.8) is 0 Å². The molecule has 8 heteroatoms. The Morgan fingerprint density at radius 3 is 2.50 bits per heavy atom. The third kappa shape index (κ3) is 5.53. The van der Waals surface area contributed by atoms with Crippen LogP contribution in [-0.2, 0) is 16.1 Å². The first-order chi connectivity index (χ1) is 21.5. The highest BCUT2D eigenvalue weighted by Gasteiger charge is 2.29. The van der Waals surface area contributed by atoms with Crippen molar-refractivity contribution >= 4 is 49.6 Å². The first-order valence-corrected chi connectivity index (χ1v) is 16.2. The van der Waals surface area contributed by atoms with Crippen molar-refractivity contribution in [2.24, 2.45) is 0 Å².